The quantitative estimate of drug-likeness (QED) is 0.801. The maximum absolute atomic E-state index is 11.9. The van der Waals surface area contributed by atoms with Crippen molar-refractivity contribution in [2.75, 3.05) is 5.32 Å². The molecule has 21 heavy (non-hydrogen) atoms. The van der Waals surface area contributed by atoms with E-state index in [0.717, 1.165) is 5.56 Å². The maximum atomic E-state index is 11.9. The van der Waals surface area contributed by atoms with Gasteiger partial charge in [-0.25, -0.2) is 0 Å². The zero-order valence-corrected chi connectivity index (χ0v) is 11.5. The number of benzene rings is 1. The van der Waals surface area contributed by atoms with Crippen molar-refractivity contribution < 1.29 is 4.79 Å². The molecule has 1 aliphatic heterocycles. The molecule has 0 radical (unpaired) electrons. The summed E-state index contributed by atoms with van der Waals surface area (Å²) in [6.07, 6.45) is 0. The van der Waals surface area contributed by atoms with E-state index < -0.39 is 5.54 Å². The van der Waals surface area contributed by atoms with Gasteiger partial charge >= 0.3 is 0 Å². The van der Waals surface area contributed by atoms with Crippen LogP contribution in [0.25, 0.3) is 0 Å². The fourth-order valence-corrected chi connectivity index (χ4v) is 2.20. The molecule has 0 aliphatic carbocycles. The summed E-state index contributed by atoms with van der Waals surface area (Å²) in [6, 6.07) is 10.2. The van der Waals surface area contributed by atoms with Crippen molar-refractivity contribution in [1.29, 1.82) is 15.8 Å². The molecule has 1 aromatic carbocycles. The Labute approximate surface area is 121 Å². The van der Waals surface area contributed by atoms with Crippen LogP contribution >= 0.6 is 0 Å². The number of anilines is 1. The standard InChI is InChI=1S/C15H11N5O/c1-15(2)12-4-3-10(5-11(12)14(21)20-15)19-13(8-18)9(6-16)7-17/h3-5,19H,1-2H3,(H,20,21). The van der Waals surface area contributed by atoms with Crippen LogP contribution < -0.4 is 10.6 Å². The summed E-state index contributed by atoms with van der Waals surface area (Å²) >= 11 is 0. The predicted molar refractivity (Wildman–Crippen MR) is 74.4 cm³/mol. The third-order valence-electron chi connectivity index (χ3n) is 3.22. The van der Waals surface area contributed by atoms with Gasteiger partial charge in [0, 0.05) is 11.3 Å². The third kappa shape index (κ3) is 2.41. The third-order valence-corrected chi connectivity index (χ3v) is 3.22. The lowest BCUT2D eigenvalue weighted by molar-refractivity contribution is 0.0940. The van der Waals surface area contributed by atoms with Crippen molar-refractivity contribution in [3.63, 3.8) is 0 Å². The number of nitriles is 3. The highest BCUT2D eigenvalue weighted by Crippen LogP contribution is 2.32. The normalized spacial score (nSPS) is 14.0. The van der Waals surface area contributed by atoms with Crippen molar-refractivity contribution >= 4 is 11.6 Å². The number of nitrogens with one attached hydrogen (secondary N) is 2. The lowest BCUT2D eigenvalue weighted by Crippen LogP contribution is -2.32. The first kappa shape index (κ1) is 14.1. The number of fused-ring (bicyclic) bond motifs is 1. The Morgan fingerprint density at radius 1 is 1.19 bits per heavy atom. The van der Waals surface area contributed by atoms with Crippen LogP contribution in [0.5, 0.6) is 0 Å². The minimum atomic E-state index is -0.441. The smallest absolute Gasteiger partial charge is 0.252 e. The highest BCUT2D eigenvalue weighted by atomic mass is 16.2. The van der Waals surface area contributed by atoms with E-state index in [4.69, 9.17) is 15.8 Å². The van der Waals surface area contributed by atoms with Crippen molar-refractivity contribution in [3.8, 4) is 18.2 Å². The molecule has 0 unspecified atom stereocenters. The van der Waals surface area contributed by atoms with Crippen LogP contribution in [0.4, 0.5) is 5.69 Å². The number of hydrogen-bond donors (Lipinski definition) is 2. The fourth-order valence-electron chi connectivity index (χ4n) is 2.20. The number of allylic oxidation sites excluding steroid dienone is 2. The van der Waals surface area contributed by atoms with E-state index in [1.807, 2.05) is 13.8 Å². The molecule has 0 fully saturated rings. The van der Waals surface area contributed by atoms with Crippen LogP contribution in [0.2, 0.25) is 0 Å². The summed E-state index contributed by atoms with van der Waals surface area (Å²) in [5.74, 6) is -0.193. The zero-order chi connectivity index (χ0) is 15.6. The summed E-state index contributed by atoms with van der Waals surface area (Å²) < 4.78 is 0. The first-order valence-electron chi connectivity index (χ1n) is 6.11. The molecule has 0 saturated carbocycles. The van der Waals surface area contributed by atoms with E-state index in [1.165, 1.54) is 0 Å². The number of carbonyl (C=O) groups excluding carboxylic acids is 1. The Balaban J connectivity index is 2.43. The van der Waals surface area contributed by atoms with Gasteiger partial charge in [0.05, 0.1) is 5.54 Å². The van der Waals surface area contributed by atoms with E-state index in [2.05, 4.69) is 10.6 Å². The number of amides is 1. The highest BCUT2D eigenvalue weighted by molar-refractivity contribution is 6.00. The number of nitrogens with zero attached hydrogens (tertiary/aromatic N) is 3. The minimum absolute atomic E-state index is 0.141. The molecule has 1 aliphatic rings. The monoisotopic (exact) mass is 277 g/mol. The Morgan fingerprint density at radius 2 is 1.86 bits per heavy atom. The van der Waals surface area contributed by atoms with Gasteiger partial charge in [-0.2, -0.15) is 15.8 Å². The molecule has 6 heteroatoms. The van der Waals surface area contributed by atoms with E-state index in [-0.39, 0.29) is 17.2 Å². The lowest BCUT2D eigenvalue weighted by Gasteiger charge is -2.19. The average Bonchev–Trinajstić information content (AvgIpc) is 2.68. The second kappa shape index (κ2) is 5.00. The molecule has 0 aromatic heterocycles. The van der Waals surface area contributed by atoms with E-state index in [0.29, 0.717) is 11.3 Å². The van der Waals surface area contributed by atoms with E-state index >= 15 is 0 Å². The molecule has 1 amide bonds. The largest absolute Gasteiger partial charge is 0.345 e. The Bertz CT molecular complexity index is 768. The molecule has 1 aromatic rings. The van der Waals surface area contributed by atoms with Crippen LogP contribution in [0.15, 0.2) is 29.5 Å². The summed E-state index contributed by atoms with van der Waals surface area (Å²) in [5.41, 5.74) is 0.962. The molecule has 0 spiro atoms. The average molecular weight is 277 g/mol. The van der Waals surface area contributed by atoms with Gasteiger partial charge in [0.2, 0.25) is 0 Å². The summed E-state index contributed by atoms with van der Waals surface area (Å²) in [7, 11) is 0. The van der Waals surface area contributed by atoms with Crippen LogP contribution in [0.1, 0.15) is 29.8 Å². The summed E-state index contributed by atoms with van der Waals surface area (Å²) in [5, 5.41) is 32.1. The molecular weight excluding hydrogens is 266 g/mol. The predicted octanol–water partition coefficient (Wildman–Crippen LogP) is 1.90. The first-order valence-corrected chi connectivity index (χ1v) is 6.11. The van der Waals surface area contributed by atoms with Gasteiger partial charge in [-0.05, 0) is 31.5 Å². The fraction of sp³-hybridized carbons (Fsp3) is 0.200. The molecule has 0 atom stereocenters. The van der Waals surface area contributed by atoms with Crippen molar-refractivity contribution in [2.45, 2.75) is 19.4 Å². The topological polar surface area (TPSA) is 112 Å². The molecule has 2 rings (SSSR count). The highest BCUT2D eigenvalue weighted by Gasteiger charge is 2.34. The lowest BCUT2D eigenvalue weighted by atomic mass is 9.94. The van der Waals surface area contributed by atoms with Gasteiger partial charge in [-0.1, -0.05) is 6.07 Å². The van der Waals surface area contributed by atoms with Gasteiger partial charge in [0.15, 0.2) is 5.57 Å². The number of carbonyl (C=O) groups is 1. The Hall–Kier alpha value is -3.30. The Kier molecular flexibility index (Phi) is 3.36. The van der Waals surface area contributed by atoms with Gasteiger partial charge in [-0.3, -0.25) is 4.79 Å². The molecule has 6 nitrogen and oxygen atoms in total. The summed E-state index contributed by atoms with van der Waals surface area (Å²) in [4.78, 5) is 11.9. The van der Waals surface area contributed by atoms with Crippen molar-refractivity contribution in [3.05, 3.63) is 40.6 Å². The number of rotatable bonds is 2. The molecule has 102 valence electrons. The SMILES string of the molecule is CC1(C)NC(=O)c2cc(NC(C#N)=C(C#N)C#N)ccc21. The van der Waals surface area contributed by atoms with Crippen LogP contribution in [-0.2, 0) is 5.54 Å². The first-order chi connectivity index (χ1) is 9.92. The van der Waals surface area contributed by atoms with Gasteiger partial charge in [0.1, 0.15) is 23.9 Å². The number of hydrogen-bond acceptors (Lipinski definition) is 5. The zero-order valence-electron chi connectivity index (χ0n) is 11.5. The van der Waals surface area contributed by atoms with Gasteiger partial charge < -0.3 is 10.6 Å². The molecule has 1 heterocycles. The minimum Gasteiger partial charge on any atom is -0.345 e. The van der Waals surface area contributed by atoms with E-state index in [9.17, 15) is 4.79 Å². The Morgan fingerprint density at radius 3 is 2.43 bits per heavy atom. The second-order valence-electron chi connectivity index (χ2n) is 5.05. The van der Waals surface area contributed by atoms with Gasteiger partial charge in [0.25, 0.3) is 5.91 Å². The van der Waals surface area contributed by atoms with Crippen LogP contribution in [0.3, 0.4) is 0 Å². The van der Waals surface area contributed by atoms with Crippen molar-refractivity contribution in [1.82, 2.24) is 5.32 Å². The molecule has 2 N–H and O–H groups in total. The maximum Gasteiger partial charge on any atom is 0.252 e. The van der Waals surface area contributed by atoms with Crippen LogP contribution in [0, 0.1) is 34.0 Å². The second-order valence-corrected chi connectivity index (χ2v) is 5.05. The summed E-state index contributed by atoms with van der Waals surface area (Å²) in [6.45, 7) is 3.79. The van der Waals surface area contributed by atoms with Gasteiger partial charge in [-0.15, -0.1) is 0 Å². The molecular formula is C15H11N5O. The van der Waals surface area contributed by atoms with Crippen LogP contribution in [-0.4, -0.2) is 5.91 Å². The van der Waals surface area contributed by atoms with Crippen molar-refractivity contribution in [2.24, 2.45) is 0 Å². The molecule has 0 saturated heterocycles. The van der Waals surface area contributed by atoms with E-state index in [1.54, 1.807) is 36.4 Å². The molecule has 0 bridgehead atoms.